The van der Waals surface area contributed by atoms with Crippen LogP contribution in [0.25, 0.3) is 38.6 Å². The van der Waals surface area contributed by atoms with E-state index in [2.05, 4.69) is 193 Å². The molecule has 7 aromatic carbocycles. The molecule has 0 fully saturated rings. The van der Waals surface area contributed by atoms with Crippen molar-refractivity contribution in [2.45, 2.75) is 6.92 Å². The molecule has 1 heterocycles. The maximum atomic E-state index is 2.51. The van der Waals surface area contributed by atoms with Crippen LogP contribution < -0.4 is 20.7 Å². The number of hydrogen-bond donors (Lipinski definition) is 0. The van der Waals surface area contributed by atoms with Gasteiger partial charge in [-0.1, -0.05) is 157 Å². The second-order valence-electron chi connectivity index (χ2n) is 11.8. The van der Waals surface area contributed by atoms with E-state index in [-0.39, 0.29) is 0 Å². The summed E-state index contributed by atoms with van der Waals surface area (Å²) in [5, 5.41) is 8.10. The highest BCUT2D eigenvalue weighted by molar-refractivity contribution is 7.20. The minimum Gasteiger partial charge on any atom is -0.309 e. The fourth-order valence-corrected chi connectivity index (χ4v) is 11.9. The summed E-state index contributed by atoms with van der Waals surface area (Å²) < 4.78 is 2.41. The largest absolute Gasteiger partial charge is 0.309 e. The van der Waals surface area contributed by atoms with Gasteiger partial charge in [0.25, 0.3) is 0 Å². The minimum atomic E-state index is -2.72. The lowest BCUT2D eigenvalue weighted by Gasteiger charge is -2.34. The number of benzene rings is 7. The van der Waals surface area contributed by atoms with Crippen molar-refractivity contribution in [3.63, 3.8) is 0 Å². The van der Waals surface area contributed by atoms with Crippen molar-refractivity contribution < 1.29 is 0 Å². The molecule has 8 rings (SSSR count). The fourth-order valence-electron chi connectivity index (χ4n) is 7.15. The van der Waals surface area contributed by atoms with Crippen molar-refractivity contribution in [1.29, 1.82) is 0 Å². The van der Waals surface area contributed by atoms with Crippen LogP contribution in [0.3, 0.4) is 0 Å². The van der Waals surface area contributed by atoms with Gasteiger partial charge in [-0.05, 0) is 69.1 Å². The molecule has 0 aliphatic carbocycles. The average Bonchev–Trinajstić information content (AvgIpc) is 3.43. The third kappa shape index (κ3) is 4.54. The zero-order valence-corrected chi connectivity index (χ0v) is 26.3. The van der Waals surface area contributed by atoms with E-state index in [9.17, 15) is 0 Å². The Morgan fingerprint density at radius 3 is 1.42 bits per heavy atom. The fraction of sp³-hybridized carbons (Fsp3) is 0.0233. The van der Waals surface area contributed by atoms with E-state index in [0.29, 0.717) is 0 Å². The van der Waals surface area contributed by atoms with Crippen LogP contribution in [0.4, 0.5) is 0 Å². The van der Waals surface area contributed by atoms with E-state index in [1.807, 2.05) is 0 Å². The van der Waals surface area contributed by atoms with Crippen LogP contribution in [-0.2, 0) is 0 Å². The molecule has 0 amide bonds. The van der Waals surface area contributed by atoms with Crippen LogP contribution in [0.15, 0.2) is 182 Å². The van der Waals surface area contributed by atoms with Gasteiger partial charge in [0.15, 0.2) is 8.07 Å². The molecular weight excluding hydrogens is 559 g/mol. The normalized spacial score (nSPS) is 11.7. The van der Waals surface area contributed by atoms with Crippen LogP contribution in [-0.4, -0.2) is 12.6 Å². The Labute approximate surface area is 265 Å². The Morgan fingerprint density at radius 1 is 0.378 bits per heavy atom. The number of rotatable bonds is 6. The molecule has 0 N–H and O–H groups in total. The molecule has 0 bridgehead atoms. The van der Waals surface area contributed by atoms with E-state index in [4.69, 9.17) is 0 Å². The molecule has 2 heteroatoms. The smallest absolute Gasteiger partial charge is 0.179 e. The number of hydrogen-bond acceptors (Lipinski definition) is 0. The van der Waals surface area contributed by atoms with Gasteiger partial charge in [0.2, 0.25) is 0 Å². The van der Waals surface area contributed by atoms with Crippen LogP contribution in [0.1, 0.15) is 5.56 Å². The number of aromatic nitrogens is 1. The Morgan fingerprint density at radius 2 is 0.822 bits per heavy atom. The van der Waals surface area contributed by atoms with Gasteiger partial charge in [0.05, 0.1) is 11.0 Å². The van der Waals surface area contributed by atoms with E-state index in [1.54, 1.807) is 0 Å². The van der Waals surface area contributed by atoms with Gasteiger partial charge >= 0.3 is 0 Å². The molecular formula is C43H33NSi. The molecule has 214 valence electrons. The first-order valence-corrected chi connectivity index (χ1v) is 17.6. The standard InChI is InChI=1S/C43H33NSi/c1-32-22-28-42-40(30-32)41-31-39(27-29-43(41)44(42)35-16-8-3-9-17-35)45(36-18-10-4-11-19-36,37-20-12-5-13-21-37)38-25-23-34(24-26-38)33-14-6-2-7-15-33/h2-31H,1H3. The molecule has 0 saturated heterocycles. The van der Waals surface area contributed by atoms with Crippen LogP contribution in [0, 0.1) is 6.92 Å². The highest BCUT2D eigenvalue weighted by Crippen LogP contribution is 2.32. The van der Waals surface area contributed by atoms with E-state index >= 15 is 0 Å². The lowest BCUT2D eigenvalue weighted by atomic mass is 10.1. The van der Waals surface area contributed by atoms with Gasteiger partial charge in [-0.25, -0.2) is 0 Å². The van der Waals surface area contributed by atoms with E-state index in [1.165, 1.54) is 64.9 Å². The topological polar surface area (TPSA) is 4.93 Å². The summed E-state index contributed by atoms with van der Waals surface area (Å²) in [5.74, 6) is 0. The molecule has 1 aromatic heterocycles. The van der Waals surface area contributed by atoms with Crippen molar-refractivity contribution in [1.82, 2.24) is 4.57 Å². The molecule has 0 aliphatic rings. The van der Waals surface area contributed by atoms with Crippen LogP contribution in [0.5, 0.6) is 0 Å². The van der Waals surface area contributed by atoms with Crippen molar-refractivity contribution in [2.75, 3.05) is 0 Å². The average molecular weight is 592 g/mol. The molecule has 45 heavy (non-hydrogen) atoms. The Bertz CT molecular complexity index is 2200. The Hall–Kier alpha value is -5.44. The highest BCUT2D eigenvalue weighted by Gasteiger charge is 2.41. The van der Waals surface area contributed by atoms with Gasteiger partial charge in [-0.3, -0.25) is 0 Å². The zero-order chi connectivity index (χ0) is 30.2. The second kappa shape index (κ2) is 11.2. The van der Waals surface area contributed by atoms with Gasteiger partial charge in [0, 0.05) is 16.5 Å². The van der Waals surface area contributed by atoms with Crippen molar-refractivity contribution in [3.05, 3.63) is 188 Å². The minimum absolute atomic E-state index is 1.18. The summed E-state index contributed by atoms with van der Waals surface area (Å²) in [6.45, 7) is 2.19. The molecule has 1 nitrogen and oxygen atoms in total. The number of nitrogens with zero attached hydrogens (tertiary/aromatic N) is 1. The predicted octanol–water partition coefficient (Wildman–Crippen LogP) is 8.14. The van der Waals surface area contributed by atoms with Crippen LogP contribution in [0.2, 0.25) is 0 Å². The highest BCUT2D eigenvalue weighted by atomic mass is 28.3. The quantitative estimate of drug-likeness (QED) is 0.136. The number of para-hydroxylation sites is 1. The number of fused-ring (bicyclic) bond motifs is 3. The Balaban J connectivity index is 1.45. The molecule has 0 spiro atoms. The van der Waals surface area contributed by atoms with Crippen molar-refractivity contribution in [2.24, 2.45) is 0 Å². The first-order valence-electron chi connectivity index (χ1n) is 15.6. The molecule has 0 radical (unpaired) electrons. The maximum Gasteiger partial charge on any atom is 0.179 e. The zero-order valence-electron chi connectivity index (χ0n) is 25.3. The van der Waals surface area contributed by atoms with Crippen LogP contribution >= 0.6 is 0 Å². The maximum absolute atomic E-state index is 2.72. The molecule has 0 atom stereocenters. The SMILES string of the molecule is Cc1ccc2c(c1)c1cc([Si](c3ccccc3)(c3ccccc3)c3ccc(-c4ccccc4)cc3)ccc1n2-c1ccccc1. The molecule has 8 aromatic rings. The lowest BCUT2D eigenvalue weighted by Crippen LogP contribution is -2.74. The van der Waals surface area contributed by atoms with E-state index < -0.39 is 8.07 Å². The summed E-state index contributed by atoms with van der Waals surface area (Å²) in [6, 6.07) is 67.3. The first kappa shape index (κ1) is 27.1. The number of aryl methyl sites for hydroxylation is 1. The Kier molecular flexibility index (Phi) is 6.78. The summed E-state index contributed by atoms with van der Waals surface area (Å²) in [7, 11) is -2.72. The summed E-state index contributed by atoms with van der Waals surface area (Å²) in [6.07, 6.45) is 0. The van der Waals surface area contributed by atoms with Gasteiger partial charge < -0.3 is 4.57 Å². The third-order valence-electron chi connectivity index (χ3n) is 9.21. The summed E-state index contributed by atoms with van der Waals surface area (Å²) in [4.78, 5) is 0. The van der Waals surface area contributed by atoms with Gasteiger partial charge in [-0.15, -0.1) is 0 Å². The van der Waals surface area contributed by atoms with Crippen molar-refractivity contribution >= 4 is 50.6 Å². The monoisotopic (exact) mass is 591 g/mol. The molecule has 0 saturated carbocycles. The first-order chi connectivity index (χ1) is 22.2. The molecule has 0 aliphatic heterocycles. The molecule has 0 unspecified atom stereocenters. The van der Waals surface area contributed by atoms with Gasteiger partial charge in [-0.2, -0.15) is 0 Å². The summed E-state index contributed by atoms with van der Waals surface area (Å²) >= 11 is 0. The van der Waals surface area contributed by atoms with Crippen molar-refractivity contribution in [3.8, 4) is 16.8 Å². The van der Waals surface area contributed by atoms with Gasteiger partial charge in [0.1, 0.15) is 0 Å². The summed E-state index contributed by atoms with van der Waals surface area (Å²) in [5.41, 5.74) is 7.39. The lowest BCUT2D eigenvalue weighted by molar-refractivity contribution is 1.18. The third-order valence-corrected chi connectivity index (χ3v) is 14.0. The van der Waals surface area contributed by atoms with E-state index in [0.717, 1.165) is 0 Å². The predicted molar refractivity (Wildman–Crippen MR) is 195 cm³/mol. The second-order valence-corrected chi connectivity index (χ2v) is 15.7.